The number of carbonyl (C=O) groups is 2. The molecule has 0 unspecified atom stereocenters. The summed E-state index contributed by atoms with van der Waals surface area (Å²) in [6.07, 6.45) is -2.10. The van der Waals surface area contributed by atoms with Gasteiger partial charge in [0, 0.05) is 30.3 Å². The van der Waals surface area contributed by atoms with Gasteiger partial charge in [-0.1, -0.05) is 12.1 Å². The Morgan fingerprint density at radius 2 is 1.95 bits per heavy atom. The van der Waals surface area contributed by atoms with E-state index in [4.69, 9.17) is 9.47 Å². The molecule has 11 heteroatoms. The fourth-order valence-electron chi connectivity index (χ4n) is 4.75. The van der Waals surface area contributed by atoms with E-state index in [1.165, 1.54) is 12.1 Å². The topological polar surface area (TPSA) is 102 Å². The average Bonchev–Trinajstić information content (AvgIpc) is 3.38. The summed E-state index contributed by atoms with van der Waals surface area (Å²) in [6.45, 7) is 0.0954. The minimum atomic E-state index is -4.40. The van der Waals surface area contributed by atoms with Gasteiger partial charge >= 0.3 is 12.2 Å². The molecule has 1 aliphatic carbocycles. The smallest absolute Gasteiger partial charge is 0.416 e. The maximum Gasteiger partial charge on any atom is 0.416 e. The number of rotatable bonds is 5. The fourth-order valence-corrected chi connectivity index (χ4v) is 4.75. The van der Waals surface area contributed by atoms with Crippen molar-refractivity contribution in [2.75, 3.05) is 5.32 Å². The number of halogens is 3. The molecule has 8 nitrogen and oxygen atoms in total. The highest BCUT2D eigenvalue weighted by atomic mass is 19.4. The maximum atomic E-state index is 12.7. The minimum absolute atomic E-state index is 0.0268. The predicted octanol–water partition coefficient (Wildman–Crippen LogP) is 4.50. The third kappa shape index (κ3) is 4.52. The van der Waals surface area contributed by atoms with Crippen molar-refractivity contribution < 1.29 is 32.2 Å². The Labute approximate surface area is 209 Å². The number of hydrogen-bond donors (Lipinski definition) is 3. The third-order valence-electron chi connectivity index (χ3n) is 6.69. The van der Waals surface area contributed by atoms with E-state index < -0.39 is 17.8 Å². The van der Waals surface area contributed by atoms with Crippen molar-refractivity contribution in [3.05, 3.63) is 77.0 Å². The molecule has 3 aliphatic rings. The first-order valence-electron chi connectivity index (χ1n) is 11.7. The number of pyridine rings is 1. The minimum Gasteiger partial charge on any atom is -0.487 e. The van der Waals surface area contributed by atoms with Crippen molar-refractivity contribution in [1.82, 2.24) is 15.6 Å². The second-order valence-corrected chi connectivity index (χ2v) is 9.14. The van der Waals surface area contributed by atoms with Crippen molar-refractivity contribution in [2.45, 2.75) is 43.6 Å². The number of urea groups is 1. The van der Waals surface area contributed by atoms with Crippen LogP contribution in [-0.4, -0.2) is 29.1 Å². The first-order valence-corrected chi connectivity index (χ1v) is 11.7. The van der Waals surface area contributed by atoms with E-state index in [1.807, 2.05) is 12.1 Å². The van der Waals surface area contributed by atoms with Gasteiger partial charge in [-0.3, -0.25) is 4.79 Å². The van der Waals surface area contributed by atoms with Crippen LogP contribution in [-0.2, 0) is 23.9 Å². The lowest BCUT2D eigenvalue weighted by atomic mass is 10.1. The van der Waals surface area contributed by atoms with Crippen LogP contribution in [0.3, 0.4) is 0 Å². The Bertz CT molecular complexity index is 1390. The highest BCUT2D eigenvalue weighted by Crippen LogP contribution is 2.54. The first kappa shape index (κ1) is 23.1. The summed E-state index contributed by atoms with van der Waals surface area (Å²) in [5.41, 5.74) is 1.58. The Morgan fingerprint density at radius 1 is 1.14 bits per heavy atom. The van der Waals surface area contributed by atoms with E-state index in [0.717, 1.165) is 29.0 Å². The zero-order valence-electron chi connectivity index (χ0n) is 19.3. The molecule has 0 radical (unpaired) electrons. The van der Waals surface area contributed by atoms with E-state index in [-0.39, 0.29) is 30.5 Å². The molecule has 2 aliphatic heterocycles. The zero-order chi connectivity index (χ0) is 25.7. The molecule has 0 spiro atoms. The molecular formula is C26H21F3N4O4. The van der Waals surface area contributed by atoms with Crippen LogP contribution in [0.15, 0.2) is 54.7 Å². The van der Waals surface area contributed by atoms with E-state index in [2.05, 4.69) is 20.9 Å². The molecule has 3 heterocycles. The number of nitrogens with zero attached hydrogens (tertiary/aromatic N) is 1. The molecule has 3 aromatic rings. The van der Waals surface area contributed by atoms with Crippen molar-refractivity contribution in [3.63, 3.8) is 0 Å². The van der Waals surface area contributed by atoms with Crippen LogP contribution in [0.2, 0.25) is 0 Å². The van der Waals surface area contributed by atoms with Gasteiger partial charge in [0.1, 0.15) is 29.2 Å². The van der Waals surface area contributed by atoms with Crippen LogP contribution in [0.5, 0.6) is 17.2 Å². The maximum absolute atomic E-state index is 12.7. The number of alkyl halides is 3. The van der Waals surface area contributed by atoms with E-state index in [0.29, 0.717) is 35.7 Å². The lowest BCUT2D eigenvalue weighted by Gasteiger charge is -2.19. The number of nitrogens with one attached hydrogen (secondary N) is 3. The van der Waals surface area contributed by atoms with Crippen LogP contribution in [0.1, 0.15) is 34.6 Å². The third-order valence-corrected chi connectivity index (χ3v) is 6.69. The molecule has 1 saturated carbocycles. The van der Waals surface area contributed by atoms with E-state index in [9.17, 15) is 22.8 Å². The number of ether oxygens (including phenoxy) is 2. The molecule has 1 aromatic heterocycles. The van der Waals surface area contributed by atoms with Gasteiger partial charge < -0.3 is 25.4 Å². The monoisotopic (exact) mass is 510 g/mol. The van der Waals surface area contributed by atoms with E-state index in [1.54, 1.807) is 18.3 Å². The Morgan fingerprint density at radius 3 is 2.73 bits per heavy atom. The second-order valence-electron chi connectivity index (χ2n) is 9.14. The molecule has 3 N–H and O–H groups in total. The lowest BCUT2D eigenvalue weighted by molar-refractivity contribution is -0.137. The molecule has 1 fully saturated rings. The van der Waals surface area contributed by atoms with Crippen LogP contribution >= 0.6 is 0 Å². The molecule has 0 saturated heterocycles. The number of hydrogen-bond acceptors (Lipinski definition) is 5. The number of aromatic nitrogens is 1. The van der Waals surface area contributed by atoms with Gasteiger partial charge in [0.2, 0.25) is 5.91 Å². The summed E-state index contributed by atoms with van der Waals surface area (Å²) in [6, 6.07) is 11.3. The molecule has 2 aromatic carbocycles. The van der Waals surface area contributed by atoms with Gasteiger partial charge in [0.15, 0.2) is 0 Å². The number of benzene rings is 2. The quantitative estimate of drug-likeness (QED) is 0.469. The molecule has 190 valence electrons. The van der Waals surface area contributed by atoms with Crippen molar-refractivity contribution in [3.8, 4) is 17.2 Å². The highest BCUT2D eigenvalue weighted by Gasteiger charge is 2.59. The molecule has 6 rings (SSSR count). The molecule has 3 atom stereocenters. The number of fused-ring (bicyclic) bond motifs is 4. The lowest BCUT2D eigenvalue weighted by Crippen LogP contribution is -2.38. The van der Waals surface area contributed by atoms with Crippen molar-refractivity contribution >= 4 is 17.8 Å². The SMILES string of the molecule is O=C1CCc2c(Oc3ccc4c(c3)[C@H]3[C@@H](NC(=O)NCc5ccc(C(F)(F)F)cc5)[C@H]3O4)ccnc2N1. The molecule has 0 bridgehead atoms. The largest absolute Gasteiger partial charge is 0.487 e. The summed E-state index contributed by atoms with van der Waals surface area (Å²) in [5.74, 6) is 2.36. The van der Waals surface area contributed by atoms with Crippen LogP contribution < -0.4 is 25.4 Å². The Hall–Kier alpha value is -4.28. The first-order chi connectivity index (χ1) is 17.8. The zero-order valence-corrected chi connectivity index (χ0v) is 19.3. The molecule has 3 amide bonds. The summed E-state index contributed by atoms with van der Waals surface area (Å²) in [7, 11) is 0. The van der Waals surface area contributed by atoms with Crippen molar-refractivity contribution in [1.29, 1.82) is 0 Å². The van der Waals surface area contributed by atoms with Crippen LogP contribution in [0, 0.1) is 0 Å². The standard InChI is InChI=1S/C26H21F3N4O4/c27-26(28,29)14-3-1-13(2-4-14)12-31-25(35)33-22-21-17-11-15(5-7-18(17)37-23(21)22)36-19-9-10-30-24-16(19)6-8-20(34)32-24/h1-5,7,9-11,21-23H,6,8,12H2,(H,30,32,34)(H2,31,33,35)/t21-,22+,23-/m0/s1. The summed E-state index contributed by atoms with van der Waals surface area (Å²) in [5, 5.41) is 8.30. The second kappa shape index (κ2) is 8.68. The van der Waals surface area contributed by atoms with Gasteiger partial charge in [-0.25, -0.2) is 9.78 Å². The summed E-state index contributed by atoms with van der Waals surface area (Å²) >= 11 is 0. The van der Waals surface area contributed by atoms with Crippen LogP contribution in [0.25, 0.3) is 0 Å². The summed E-state index contributed by atoms with van der Waals surface area (Å²) < 4.78 is 50.2. The van der Waals surface area contributed by atoms with Gasteiger partial charge in [0.25, 0.3) is 0 Å². The average molecular weight is 510 g/mol. The predicted molar refractivity (Wildman–Crippen MR) is 125 cm³/mol. The van der Waals surface area contributed by atoms with Gasteiger partial charge in [0.05, 0.1) is 17.5 Å². The number of carbonyl (C=O) groups excluding carboxylic acids is 2. The normalized spacial score (nSPS) is 21.1. The van der Waals surface area contributed by atoms with E-state index >= 15 is 0 Å². The Kier molecular flexibility index (Phi) is 5.43. The van der Waals surface area contributed by atoms with Gasteiger partial charge in [-0.05, 0) is 48.4 Å². The van der Waals surface area contributed by atoms with Crippen molar-refractivity contribution in [2.24, 2.45) is 0 Å². The highest BCUT2D eigenvalue weighted by molar-refractivity contribution is 5.93. The Balaban J connectivity index is 1.07. The fraction of sp³-hybridized carbons (Fsp3) is 0.269. The van der Waals surface area contributed by atoms with Gasteiger partial charge in [-0.2, -0.15) is 13.2 Å². The van der Waals surface area contributed by atoms with Crippen LogP contribution in [0.4, 0.5) is 23.8 Å². The number of anilines is 1. The molecule has 37 heavy (non-hydrogen) atoms. The number of amides is 3. The molecular weight excluding hydrogens is 489 g/mol. The van der Waals surface area contributed by atoms with Gasteiger partial charge in [-0.15, -0.1) is 0 Å². The summed E-state index contributed by atoms with van der Waals surface area (Å²) in [4.78, 5) is 28.2.